The topological polar surface area (TPSA) is 47.2 Å². The number of rotatable bonds is 4. The van der Waals surface area contributed by atoms with Gasteiger partial charge in [0.2, 0.25) is 0 Å². The lowest BCUT2D eigenvalue weighted by Crippen LogP contribution is -2.20. The van der Waals surface area contributed by atoms with Crippen LogP contribution < -0.4 is 5.32 Å². The molecule has 134 valence electrons. The van der Waals surface area contributed by atoms with Crippen LogP contribution in [0.4, 0.5) is 5.82 Å². The van der Waals surface area contributed by atoms with E-state index < -0.39 is 0 Å². The van der Waals surface area contributed by atoms with E-state index in [9.17, 15) is 0 Å². The lowest BCUT2D eigenvalue weighted by molar-refractivity contribution is 0.442. The van der Waals surface area contributed by atoms with Gasteiger partial charge in [0.25, 0.3) is 0 Å². The molecule has 0 amide bonds. The first kappa shape index (κ1) is 16.6. The van der Waals surface area contributed by atoms with Crippen LogP contribution in [0.3, 0.4) is 0 Å². The second-order valence-electron chi connectivity index (χ2n) is 7.90. The minimum absolute atomic E-state index is 0.177. The van der Waals surface area contributed by atoms with E-state index >= 15 is 0 Å². The number of fused-ring (bicyclic) bond motifs is 2. The standard InChI is InChI=1S/C21H25N5/c1-5-25-10-8-15-12-16(6-7-17(15)25)19-20(23-14-21(2,3)4)26-11-9-22-13-18(26)24-19/h6-13,23H,5,14H2,1-4H3. The number of hydrogen-bond donors (Lipinski definition) is 1. The SMILES string of the molecule is CCn1ccc2cc(-c3nc4cnccn4c3NCC(C)(C)C)ccc21. The third kappa shape index (κ3) is 2.94. The molecule has 0 bridgehead atoms. The molecular weight excluding hydrogens is 322 g/mol. The summed E-state index contributed by atoms with van der Waals surface area (Å²) in [6.45, 7) is 10.7. The van der Waals surface area contributed by atoms with E-state index in [0.29, 0.717) is 0 Å². The second kappa shape index (κ2) is 6.16. The molecule has 1 N–H and O–H groups in total. The van der Waals surface area contributed by atoms with Gasteiger partial charge in [-0.1, -0.05) is 26.8 Å². The molecule has 4 rings (SSSR count). The van der Waals surface area contributed by atoms with Gasteiger partial charge in [0.15, 0.2) is 5.65 Å². The lowest BCUT2D eigenvalue weighted by Gasteiger charge is -2.20. The number of anilines is 1. The van der Waals surface area contributed by atoms with Gasteiger partial charge in [-0.05, 0) is 30.5 Å². The quantitative estimate of drug-likeness (QED) is 0.575. The van der Waals surface area contributed by atoms with Crippen LogP contribution in [0.1, 0.15) is 27.7 Å². The molecule has 0 aliphatic rings. The number of nitrogens with zero attached hydrogens (tertiary/aromatic N) is 4. The van der Waals surface area contributed by atoms with Crippen molar-refractivity contribution in [3.8, 4) is 11.3 Å². The van der Waals surface area contributed by atoms with Crippen molar-refractivity contribution >= 4 is 22.4 Å². The maximum atomic E-state index is 4.85. The molecule has 3 aromatic heterocycles. The summed E-state index contributed by atoms with van der Waals surface area (Å²) in [5.41, 5.74) is 4.37. The highest BCUT2D eigenvalue weighted by Gasteiger charge is 2.17. The molecule has 1 aromatic carbocycles. The Hall–Kier alpha value is -2.82. The number of aromatic nitrogens is 4. The smallest absolute Gasteiger partial charge is 0.157 e. The van der Waals surface area contributed by atoms with E-state index in [4.69, 9.17) is 4.98 Å². The Balaban J connectivity index is 1.84. The van der Waals surface area contributed by atoms with Gasteiger partial charge in [0.1, 0.15) is 11.5 Å². The molecule has 0 aliphatic carbocycles. The number of benzene rings is 1. The maximum absolute atomic E-state index is 4.85. The highest BCUT2D eigenvalue weighted by molar-refractivity contribution is 5.88. The molecule has 0 radical (unpaired) electrons. The summed E-state index contributed by atoms with van der Waals surface area (Å²) < 4.78 is 4.33. The minimum Gasteiger partial charge on any atom is -0.369 e. The zero-order chi connectivity index (χ0) is 18.3. The highest BCUT2D eigenvalue weighted by Crippen LogP contribution is 2.32. The monoisotopic (exact) mass is 347 g/mol. The third-order valence-electron chi connectivity index (χ3n) is 4.60. The first-order valence-corrected chi connectivity index (χ1v) is 9.11. The van der Waals surface area contributed by atoms with Gasteiger partial charge in [0.05, 0.1) is 6.20 Å². The summed E-state index contributed by atoms with van der Waals surface area (Å²) in [4.78, 5) is 9.07. The van der Waals surface area contributed by atoms with Crippen LogP contribution in [0.5, 0.6) is 0 Å². The van der Waals surface area contributed by atoms with Gasteiger partial charge < -0.3 is 9.88 Å². The van der Waals surface area contributed by atoms with Crippen molar-refractivity contribution in [3.63, 3.8) is 0 Å². The molecule has 0 spiro atoms. The maximum Gasteiger partial charge on any atom is 0.157 e. The van der Waals surface area contributed by atoms with E-state index in [1.165, 1.54) is 10.9 Å². The molecule has 0 fully saturated rings. The summed E-state index contributed by atoms with van der Waals surface area (Å²) in [6, 6.07) is 8.73. The largest absolute Gasteiger partial charge is 0.369 e. The van der Waals surface area contributed by atoms with Crippen LogP contribution >= 0.6 is 0 Å². The minimum atomic E-state index is 0.177. The molecule has 5 heteroatoms. The number of imidazole rings is 1. The molecule has 0 saturated carbocycles. The van der Waals surface area contributed by atoms with Crippen molar-refractivity contribution in [2.75, 3.05) is 11.9 Å². The molecule has 3 heterocycles. The predicted molar refractivity (Wildman–Crippen MR) is 108 cm³/mol. The average Bonchev–Trinajstić information content (AvgIpc) is 3.19. The van der Waals surface area contributed by atoms with Crippen molar-refractivity contribution < 1.29 is 0 Å². The molecular formula is C21H25N5. The van der Waals surface area contributed by atoms with E-state index in [2.05, 4.69) is 77.4 Å². The van der Waals surface area contributed by atoms with Gasteiger partial charge in [-0.3, -0.25) is 9.38 Å². The highest BCUT2D eigenvalue weighted by atomic mass is 15.1. The predicted octanol–water partition coefficient (Wildman–Crippen LogP) is 4.83. The van der Waals surface area contributed by atoms with E-state index in [1.807, 2.05) is 6.20 Å². The van der Waals surface area contributed by atoms with Crippen LogP contribution in [0, 0.1) is 5.41 Å². The van der Waals surface area contributed by atoms with Crippen molar-refractivity contribution in [2.45, 2.75) is 34.2 Å². The summed E-state index contributed by atoms with van der Waals surface area (Å²) in [5.74, 6) is 1.02. The van der Waals surface area contributed by atoms with Crippen LogP contribution in [0.25, 0.3) is 27.8 Å². The van der Waals surface area contributed by atoms with Crippen LogP contribution in [0.15, 0.2) is 49.1 Å². The normalized spacial score (nSPS) is 12.2. The first-order valence-electron chi connectivity index (χ1n) is 9.11. The van der Waals surface area contributed by atoms with E-state index in [-0.39, 0.29) is 5.41 Å². The van der Waals surface area contributed by atoms with Crippen LogP contribution in [-0.2, 0) is 6.54 Å². The van der Waals surface area contributed by atoms with Gasteiger partial charge in [-0.15, -0.1) is 0 Å². The summed E-state index contributed by atoms with van der Waals surface area (Å²) in [5, 5.41) is 4.84. The Labute approximate surface area is 153 Å². The fourth-order valence-electron chi connectivity index (χ4n) is 3.25. The molecule has 0 unspecified atom stereocenters. The first-order chi connectivity index (χ1) is 12.5. The molecule has 0 saturated heterocycles. The summed E-state index contributed by atoms with van der Waals surface area (Å²) in [6.07, 6.45) is 7.70. The number of nitrogens with one attached hydrogen (secondary N) is 1. The second-order valence-corrected chi connectivity index (χ2v) is 7.90. The molecule has 0 aliphatic heterocycles. The summed E-state index contributed by atoms with van der Waals surface area (Å²) >= 11 is 0. The zero-order valence-electron chi connectivity index (χ0n) is 15.8. The Morgan fingerprint density at radius 3 is 2.73 bits per heavy atom. The van der Waals surface area contributed by atoms with Gasteiger partial charge in [-0.2, -0.15) is 0 Å². The van der Waals surface area contributed by atoms with Crippen molar-refractivity contribution in [2.24, 2.45) is 5.41 Å². The number of hydrogen-bond acceptors (Lipinski definition) is 3. The van der Waals surface area contributed by atoms with Gasteiger partial charge in [-0.25, -0.2) is 4.98 Å². The Kier molecular flexibility index (Phi) is 3.94. The van der Waals surface area contributed by atoms with E-state index in [0.717, 1.165) is 35.8 Å². The van der Waals surface area contributed by atoms with E-state index in [1.54, 1.807) is 12.4 Å². The Morgan fingerprint density at radius 1 is 1.12 bits per heavy atom. The van der Waals surface area contributed by atoms with Gasteiger partial charge >= 0.3 is 0 Å². The van der Waals surface area contributed by atoms with Crippen molar-refractivity contribution in [1.82, 2.24) is 18.9 Å². The van der Waals surface area contributed by atoms with Crippen LogP contribution in [-0.4, -0.2) is 25.5 Å². The fraction of sp³-hybridized carbons (Fsp3) is 0.333. The molecule has 5 nitrogen and oxygen atoms in total. The van der Waals surface area contributed by atoms with Crippen molar-refractivity contribution in [3.05, 3.63) is 49.1 Å². The lowest BCUT2D eigenvalue weighted by atomic mass is 9.97. The number of aryl methyl sites for hydroxylation is 1. The average molecular weight is 347 g/mol. The molecule has 0 atom stereocenters. The fourth-order valence-corrected chi connectivity index (χ4v) is 3.25. The zero-order valence-corrected chi connectivity index (χ0v) is 15.8. The Morgan fingerprint density at radius 2 is 1.96 bits per heavy atom. The third-order valence-corrected chi connectivity index (χ3v) is 4.60. The molecule has 4 aromatic rings. The van der Waals surface area contributed by atoms with Crippen LogP contribution in [0.2, 0.25) is 0 Å². The van der Waals surface area contributed by atoms with Gasteiger partial charge in [0, 0.05) is 48.1 Å². The molecule has 26 heavy (non-hydrogen) atoms. The summed E-state index contributed by atoms with van der Waals surface area (Å²) in [7, 11) is 0. The van der Waals surface area contributed by atoms with Crippen molar-refractivity contribution in [1.29, 1.82) is 0 Å². The Bertz CT molecular complexity index is 1070.